The number of hydrogen-bond acceptors (Lipinski definition) is 7. The lowest BCUT2D eigenvalue weighted by atomic mass is 10.2. The highest BCUT2D eigenvalue weighted by molar-refractivity contribution is 5.86. The van der Waals surface area contributed by atoms with Crippen LogP contribution in [0.2, 0.25) is 0 Å². The number of rotatable bonds is 6. The Morgan fingerprint density at radius 2 is 1.92 bits per heavy atom. The Labute approximate surface area is 147 Å². The van der Waals surface area contributed by atoms with Crippen molar-refractivity contribution in [1.82, 2.24) is 25.6 Å². The van der Waals surface area contributed by atoms with Gasteiger partial charge in [-0.2, -0.15) is 9.90 Å². The van der Waals surface area contributed by atoms with Gasteiger partial charge in [0.2, 0.25) is 5.82 Å². The molecule has 0 spiro atoms. The second kappa shape index (κ2) is 7.75. The van der Waals surface area contributed by atoms with Gasteiger partial charge in [0.1, 0.15) is 6.54 Å². The van der Waals surface area contributed by atoms with E-state index in [4.69, 9.17) is 0 Å². The molecular weight excluding hydrogens is 338 g/mol. The van der Waals surface area contributed by atoms with Crippen molar-refractivity contribution in [3.8, 4) is 11.4 Å². The quantitative estimate of drug-likeness (QED) is 0.406. The molecule has 2 aromatic carbocycles. The van der Waals surface area contributed by atoms with E-state index in [1.807, 2.05) is 30.3 Å². The van der Waals surface area contributed by atoms with Crippen LogP contribution in [0.3, 0.4) is 0 Å². The van der Waals surface area contributed by atoms with Crippen molar-refractivity contribution in [2.75, 3.05) is 0 Å². The molecule has 0 saturated carbocycles. The Morgan fingerprint density at radius 3 is 2.69 bits per heavy atom. The molecule has 0 aliphatic carbocycles. The predicted molar refractivity (Wildman–Crippen MR) is 92.1 cm³/mol. The van der Waals surface area contributed by atoms with Gasteiger partial charge in [-0.15, -0.1) is 10.2 Å². The lowest BCUT2D eigenvalue weighted by molar-refractivity contribution is -0.385. The first kappa shape index (κ1) is 16.9. The third-order valence-electron chi connectivity index (χ3n) is 3.30. The number of hydrazone groups is 1. The number of nitrogens with zero attached hydrogens (tertiary/aromatic N) is 6. The number of benzene rings is 2. The molecule has 3 rings (SSSR count). The molecule has 0 atom stereocenters. The van der Waals surface area contributed by atoms with E-state index in [2.05, 4.69) is 25.9 Å². The van der Waals surface area contributed by atoms with Gasteiger partial charge in [0.25, 0.3) is 11.6 Å². The van der Waals surface area contributed by atoms with Crippen LogP contribution >= 0.6 is 0 Å². The number of nitrogens with one attached hydrogen (secondary N) is 1. The first-order valence-corrected chi connectivity index (χ1v) is 7.52. The van der Waals surface area contributed by atoms with Crippen LogP contribution in [0, 0.1) is 10.1 Å². The molecule has 0 saturated heterocycles. The zero-order valence-corrected chi connectivity index (χ0v) is 13.4. The number of carbonyl (C=O) groups excluding carboxylic acids is 1. The summed E-state index contributed by atoms with van der Waals surface area (Å²) in [6.07, 6.45) is 1.21. The first-order chi connectivity index (χ1) is 12.6. The lowest BCUT2D eigenvalue weighted by Crippen LogP contribution is -2.24. The molecule has 1 aromatic heterocycles. The zero-order chi connectivity index (χ0) is 18.4. The predicted octanol–water partition coefficient (Wildman–Crippen LogP) is 1.40. The van der Waals surface area contributed by atoms with Crippen molar-refractivity contribution in [2.24, 2.45) is 5.10 Å². The molecule has 1 N–H and O–H groups in total. The molecule has 10 nitrogen and oxygen atoms in total. The minimum atomic E-state index is -0.520. The van der Waals surface area contributed by atoms with Gasteiger partial charge in [0.05, 0.1) is 16.7 Å². The van der Waals surface area contributed by atoms with E-state index < -0.39 is 10.8 Å². The van der Waals surface area contributed by atoms with Gasteiger partial charge < -0.3 is 0 Å². The number of para-hydroxylation sites is 1. The average Bonchev–Trinajstić information content (AvgIpc) is 3.11. The van der Waals surface area contributed by atoms with E-state index in [-0.39, 0.29) is 17.8 Å². The molecule has 0 aliphatic rings. The Morgan fingerprint density at radius 1 is 1.19 bits per heavy atom. The summed E-state index contributed by atoms with van der Waals surface area (Å²) >= 11 is 0. The largest absolute Gasteiger partial charge is 0.278 e. The van der Waals surface area contributed by atoms with Crippen molar-refractivity contribution in [2.45, 2.75) is 6.54 Å². The standard InChI is InChI=1S/C16H13N7O3/c24-15(18-17-10-13-8-4-5-9-14(13)23(25)26)11-22-20-16(19-21-22)12-6-2-1-3-7-12/h1-10H,11H2,(H,18,24)/b17-10-. The van der Waals surface area contributed by atoms with Crippen molar-refractivity contribution in [3.05, 3.63) is 70.3 Å². The summed E-state index contributed by atoms with van der Waals surface area (Å²) < 4.78 is 0. The van der Waals surface area contributed by atoms with Gasteiger partial charge in [-0.3, -0.25) is 14.9 Å². The minimum absolute atomic E-state index is 0.101. The minimum Gasteiger partial charge on any atom is -0.271 e. The smallest absolute Gasteiger partial charge is 0.271 e. The average molecular weight is 351 g/mol. The van der Waals surface area contributed by atoms with Crippen LogP contribution in [-0.4, -0.2) is 37.3 Å². The van der Waals surface area contributed by atoms with Gasteiger partial charge in [0, 0.05) is 11.6 Å². The maximum Gasteiger partial charge on any atom is 0.278 e. The summed E-state index contributed by atoms with van der Waals surface area (Å²) in [5.74, 6) is -0.0846. The Bertz CT molecular complexity index is 953. The van der Waals surface area contributed by atoms with E-state index >= 15 is 0 Å². The van der Waals surface area contributed by atoms with Gasteiger partial charge in [-0.05, 0) is 11.3 Å². The van der Waals surface area contributed by atoms with E-state index in [1.165, 1.54) is 18.3 Å². The van der Waals surface area contributed by atoms with Crippen LogP contribution in [0.5, 0.6) is 0 Å². The SMILES string of the molecule is O=C(Cn1nnc(-c2ccccc2)n1)N/N=C\c1ccccc1[N+](=O)[O-]. The summed E-state index contributed by atoms with van der Waals surface area (Å²) in [5, 5.41) is 26.4. The molecule has 3 aromatic rings. The number of tetrazole rings is 1. The molecule has 1 amide bonds. The summed E-state index contributed by atoms with van der Waals surface area (Å²) in [6, 6.07) is 15.3. The molecule has 0 aliphatic heterocycles. The van der Waals surface area contributed by atoms with Crippen LogP contribution < -0.4 is 5.43 Å². The molecule has 0 radical (unpaired) electrons. The van der Waals surface area contributed by atoms with E-state index in [0.29, 0.717) is 5.82 Å². The second-order valence-electron chi connectivity index (χ2n) is 5.12. The van der Waals surface area contributed by atoms with Gasteiger partial charge in [-0.1, -0.05) is 42.5 Å². The van der Waals surface area contributed by atoms with Crippen LogP contribution in [0.25, 0.3) is 11.4 Å². The first-order valence-electron chi connectivity index (χ1n) is 7.52. The fourth-order valence-electron chi connectivity index (χ4n) is 2.11. The van der Waals surface area contributed by atoms with Crippen LogP contribution in [0.4, 0.5) is 5.69 Å². The number of hydrogen-bond donors (Lipinski definition) is 1. The topological polar surface area (TPSA) is 128 Å². The maximum atomic E-state index is 11.9. The summed E-state index contributed by atoms with van der Waals surface area (Å²) in [5.41, 5.74) is 3.24. The van der Waals surface area contributed by atoms with Gasteiger partial charge in [-0.25, -0.2) is 5.43 Å². The lowest BCUT2D eigenvalue weighted by Gasteiger charge is -1.99. The fourth-order valence-corrected chi connectivity index (χ4v) is 2.11. The Kier molecular flexibility index (Phi) is 5.03. The van der Waals surface area contributed by atoms with Crippen molar-refractivity contribution < 1.29 is 9.72 Å². The van der Waals surface area contributed by atoms with Gasteiger partial charge in [0.15, 0.2) is 0 Å². The molecule has 130 valence electrons. The highest BCUT2D eigenvalue weighted by Crippen LogP contribution is 2.15. The third kappa shape index (κ3) is 4.12. The number of carbonyl (C=O) groups is 1. The fraction of sp³-hybridized carbons (Fsp3) is 0.0625. The number of amides is 1. The van der Waals surface area contributed by atoms with Crippen LogP contribution in [0.1, 0.15) is 5.56 Å². The van der Waals surface area contributed by atoms with E-state index in [1.54, 1.807) is 12.1 Å². The van der Waals surface area contributed by atoms with Gasteiger partial charge >= 0.3 is 0 Å². The molecule has 10 heteroatoms. The third-order valence-corrected chi connectivity index (χ3v) is 3.30. The van der Waals surface area contributed by atoms with Crippen LogP contribution in [-0.2, 0) is 11.3 Å². The molecule has 0 bridgehead atoms. The van der Waals surface area contributed by atoms with Crippen molar-refractivity contribution in [1.29, 1.82) is 0 Å². The monoisotopic (exact) mass is 351 g/mol. The van der Waals surface area contributed by atoms with Crippen molar-refractivity contribution >= 4 is 17.8 Å². The second-order valence-corrected chi connectivity index (χ2v) is 5.12. The summed E-state index contributed by atoms with van der Waals surface area (Å²) in [6.45, 7) is -0.186. The Balaban J connectivity index is 1.60. The van der Waals surface area contributed by atoms with Crippen LogP contribution in [0.15, 0.2) is 59.7 Å². The van der Waals surface area contributed by atoms with E-state index in [0.717, 1.165) is 10.4 Å². The molecule has 26 heavy (non-hydrogen) atoms. The summed E-state index contributed by atoms with van der Waals surface area (Å²) in [7, 11) is 0. The highest BCUT2D eigenvalue weighted by Gasteiger charge is 2.11. The van der Waals surface area contributed by atoms with E-state index in [9.17, 15) is 14.9 Å². The number of nitro groups is 1. The summed E-state index contributed by atoms with van der Waals surface area (Å²) in [4.78, 5) is 23.4. The molecular formula is C16H13N7O3. The highest BCUT2D eigenvalue weighted by atomic mass is 16.6. The maximum absolute atomic E-state index is 11.9. The van der Waals surface area contributed by atoms with Crippen molar-refractivity contribution in [3.63, 3.8) is 0 Å². The zero-order valence-electron chi connectivity index (χ0n) is 13.4. The number of nitro benzene ring substituents is 1. The normalized spacial score (nSPS) is 10.8. The Hall–Kier alpha value is -3.95. The molecule has 1 heterocycles. The molecule has 0 fully saturated rings. The number of aromatic nitrogens is 4. The molecule has 0 unspecified atom stereocenters.